The van der Waals surface area contributed by atoms with Gasteiger partial charge in [-0.25, -0.2) is 4.98 Å². The molecule has 1 unspecified atom stereocenters. The Morgan fingerprint density at radius 1 is 1.65 bits per heavy atom. The van der Waals surface area contributed by atoms with Crippen molar-refractivity contribution in [1.82, 2.24) is 4.98 Å². The van der Waals surface area contributed by atoms with Gasteiger partial charge in [-0.1, -0.05) is 6.92 Å². The van der Waals surface area contributed by atoms with E-state index in [1.807, 2.05) is 0 Å². The molecule has 0 aliphatic rings. The number of aromatic nitrogens is 1. The largest absolute Gasteiger partial charge is 0.384 e. The Bertz CT molecular complexity index is 396. The molecule has 0 spiro atoms. The van der Waals surface area contributed by atoms with Crippen molar-refractivity contribution in [3.8, 4) is 0 Å². The molecule has 1 N–H and O–H groups in total. The van der Waals surface area contributed by atoms with Gasteiger partial charge >= 0.3 is 0 Å². The first-order valence-electron chi connectivity index (χ1n) is 5.38. The zero-order valence-corrected chi connectivity index (χ0v) is 10.3. The van der Waals surface area contributed by atoms with E-state index in [1.54, 1.807) is 14.0 Å². The van der Waals surface area contributed by atoms with Crippen LogP contribution < -0.4 is 5.32 Å². The third-order valence-electron chi connectivity index (χ3n) is 2.34. The molecule has 0 aliphatic carbocycles. The van der Waals surface area contributed by atoms with Crippen LogP contribution in [0.15, 0.2) is 12.3 Å². The van der Waals surface area contributed by atoms with Crippen molar-refractivity contribution in [3.05, 3.63) is 27.9 Å². The third-order valence-corrected chi connectivity index (χ3v) is 2.34. The standard InChI is InChI=1S/C11H17N3O3/c1-8(7-17-3)5-12-11-9(2)4-10(6-13-11)14(15)16/h4,6,8H,5,7H2,1-3H3,(H,12,13). The van der Waals surface area contributed by atoms with Crippen LogP contribution in [0.2, 0.25) is 0 Å². The second-order valence-electron chi connectivity index (χ2n) is 4.06. The first-order valence-corrected chi connectivity index (χ1v) is 5.38. The van der Waals surface area contributed by atoms with Crippen LogP contribution in [0.4, 0.5) is 11.5 Å². The number of ether oxygens (including phenoxy) is 1. The van der Waals surface area contributed by atoms with E-state index in [2.05, 4.69) is 17.2 Å². The monoisotopic (exact) mass is 239 g/mol. The smallest absolute Gasteiger partial charge is 0.287 e. The molecule has 6 nitrogen and oxygen atoms in total. The second-order valence-corrected chi connectivity index (χ2v) is 4.06. The number of rotatable bonds is 6. The maximum absolute atomic E-state index is 10.5. The van der Waals surface area contributed by atoms with E-state index in [0.717, 1.165) is 12.1 Å². The number of nitrogens with one attached hydrogen (secondary N) is 1. The Balaban J connectivity index is 2.63. The SMILES string of the molecule is COCC(C)CNc1ncc([N+](=O)[O-])cc1C. The number of nitrogens with zero attached hydrogens (tertiary/aromatic N) is 2. The van der Waals surface area contributed by atoms with E-state index in [-0.39, 0.29) is 5.69 Å². The molecule has 0 aliphatic heterocycles. The summed E-state index contributed by atoms with van der Waals surface area (Å²) >= 11 is 0. The maximum atomic E-state index is 10.5. The van der Waals surface area contributed by atoms with E-state index in [9.17, 15) is 10.1 Å². The van der Waals surface area contributed by atoms with Gasteiger partial charge in [0.1, 0.15) is 12.0 Å². The number of nitro groups is 1. The molecular weight excluding hydrogens is 222 g/mol. The molecule has 1 rings (SSSR count). The molecule has 0 amide bonds. The van der Waals surface area contributed by atoms with Gasteiger partial charge in [-0.2, -0.15) is 0 Å². The summed E-state index contributed by atoms with van der Waals surface area (Å²) in [6.07, 6.45) is 1.26. The highest BCUT2D eigenvalue weighted by Gasteiger charge is 2.10. The highest BCUT2D eigenvalue weighted by molar-refractivity contribution is 5.48. The first kappa shape index (κ1) is 13.4. The Labute approximate surface area is 100 Å². The summed E-state index contributed by atoms with van der Waals surface area (Å²) in [5.41, 5.74) is 0.779. The summed E-state index contributed by atoms with van der Waals surface area (Å²) in [6, 6.07) is 1.51. The molecular formula is C11H17N3O3. The van der Waals surface area contributed by atoms with Gasteiger partial charge in [0, 0.05) is 19.7 Å². The summed E-state index contributed by atoms with van der Waals surface area (Å²) < 4.78 is 5.02. The van der Waals surface area contributed by atoms with Gasteiger partial charge in [0.15, 0.2) is 0 Å². The van der Waals surface area contributed by atoms with Crippen molar-refractivity contribution < 1.29 is 9.66 Å². The molecule has 1 atom stereocenters. The van der Waals surface area contributed by atoms with Crippen LogP contribution in [0.1, 0.15) is 12.5 Å². The summed E-state index contributed by atoms with van der Waals surface area (Å²) in [7, 11) is 1.66. The molecule has 1 aromatic rings. The predicted octanol–water partition coefficient (Wildman–Crippen LogP) is 1.99. The van der Waals surface area contributed by atoms with Crippen molar-refractivity contribution in [2.75, 3.05) is 25.6 Å². The zero-order valence-electron chi connectivity index (χ0n) is 10.3. The fourth-order valence-electron chi connectivity index (χ4n) is 1.46. The zero-order chi connectivity index (χ0) is 12.8. The number of anilines is 1. The number of aryl methyl sites for hydroxylation is 1. The normalized spacial score (nSPS) is 12.2. The minimum absolute atomic E-state index is 0.0120. The number of methoxy groups -OCH3 is 1. The second kappa shape index (κ2) is 6.15. The van der Waals surface area contributed by atoms with Crippen LogP contribution in [0.5, 0.6) is 0 Å². The third kappa shape index (κ3) is 3.99. The molecule has 1 aromatic heterocycles. The van der Waals surface area contributed by atoms with Crippen molar-refractivity contribution in [2.45, 2.75) is 13.8 Å². The molecule has 0 radical (unpaired) electrons. The average Bonchev–Trinajstić information content (AvgIpc) is 2.27. The highest BCUT2D eigenvalue weighted by Crippen LogP contribution is 2.18. The molecule has 6 heteroatoms. The predicted molar refractivity (Wildman–Crippen MR) is 65.2 cm³/mol. The van der Waals surface area contributed by atoms with Crippen LogP contribution >= 0.6 is 0 Å². The van der Waals surface area contributed by atoms with Gasteiger partial charge in [-0.3, -0.25) is 10.1 Å². The van der Waals surface area contributed by atoms with Crippen molar-refractivity contribution in [1.29, 1.82) is 0 Å². The van der Waals surface area contributed by atoms with Crippen molar-refractivity contribution in [2.24, 2.45) is 5.92 Å². The van der Waals surface area contributed by atoms with Gasteiger partial charge in [-0.05, 0) is 18.4 Å². The molecule has 0 bridgehead atoms. The van der Waals surface area contributed by atoms with Crippen LogP contribution in [0.25, 0.3) is 0 Å². The van der Waals surface area contributed by atoms with Gasteiger partial charge in [-0.15, -0.1) is 0 Å². The quantitative estimate of drug-likeness (QED) is 0.606. The Kier molecular flexibility index (Phi) is 4.84. The van der Waals surface area contributed by atoms with Gasteiger partial charge in [0.05, 0.1) is 11.5 Å². The minimum Gasteiger partial charge on any atom is -0.384 e. The fraction of sp³-hybridized carbons (Fsp3) is 0.545. The number of hydrogen-bond donors (Lipinski definition) is 1. The Morgan fingerprint density at radius 2 is 2.35 bits per heavy atom. The van der Waals surface area contributed by atoms with Crippen LogP contribution in [0.3, 0.4) is 0 Å². The van der Waals surface area contributed by atoms with Gasteiger partial charge < -0.3 is 10.1 Å². The summed E-state index contributed by atoms with van der Waals surface area (Å²) in [5, 5.41) is 13.7. The van der Waals surface area contributed by atoms with Crippen molar-refractivity contribution in [3.63, 3.8) is 0 Å². The molecule has 0 fully saturated rings. The number of pyridine rings is 1. The molecule has 0 saturated heterocycles. The lowest BCUT2D eigenvalue weighted by atomic mass is 10.2. The molecule has 0 saturated carbocycles. The lowest BCUT2D eigenvalue weighted by Gasteiger charge is -2.13. The van der Waals surface area contributed by atoms with E-state index < -0.39 is 4.92 Å². The van der Waals surface area contributed by atoms with Crippen molar-refractivity contribution >= 4 is 11.5 Å². The molecule has 1 heterocycles. The molecule has 94 valence electrons. The van der Waals surface area contributed by atoms with E-state index in [4.69, 9.17) is 4.74 Å². The minimum atomic E-state index is -0.447. The average molecular weight is 239 g/mol. The molecule has 17 heavy (non-hydrogen) atoms. The lowest BCUT2D eigenvalue weighted by molar-refractivity contribution is -0.385. The summed E-state index contributed by atoms with van der Waals surface area (Å²) in [6.45, 7) is 5.24. The topological polar surface area (TPSA) is 77.3 Å². The maximum Gasteiger partial charge on any atom is 0.287 e. The Morgan fingerprint density at radius 3 is 2.88 bits per heavy atom. The van der Waals surface area contributed by atoms with Crippen LogP contribution in [-0.4, -0.2) is 30.2 Å². The lowest BCUT2D eigenvalue weighted by Crippen LogP contribution is -2.17. The van der Waals surface area contributed by atoms with E-state index >= 15 is 0 Å². The molecule has 0 aromatic carbocycles. The van der Waals surface area contributed by atoms with Gasteiger partial charge in [0.2, 0.25) is 0 Å². The van der Waals surface area contributed by atoms with E-state index in [1.165, 1.54) is 12.3 Å². The summed E-state index contributed by atoms with van der Waals surface area (Å²) in [5.74, 6) is 1.04. The number of hydrogen-bond acceptors (Lipinski definition) is 5. The first-order chi connectivity index (χ1) is 8.04. The van der Waals surface area contributed by atoms with Crippen LogP contribution in [-0.2, 0) is 4.74 Å². The van der Waals surface area contributed by atoms with Gasteiger partial charge in [0.25, 0.3) is 5.69 Å². The summed E-state index contributed by atoms with van der Waals surface area (Å²) in [4.78, 5) is 14.1. The van der Waals surface area contributed by atoms with Crippen LogP contribution in [0, 0.1) is 23.0 Å². The Hall–Kier alpha value is -1.69. The van der Waals surface area contributed by atoms with E-state index in [0.29, 0.717) is 18.3 Å². The fourth-order valence-corrected chi connectivity index (χ4v) is 1.46. The highest BCUT2D eigenvalue weighted by atomic mass is 16.6.